The zero-order valence-electron chi connectivity index (χ0n) is 15.2. The molecule has 0 bridgehead atoms. The molecule has 0 aromatic heterocycles. The molecular weight excluding hydrogens is 351 g/mol. The van der Waals surface area contributed by atoms with Gasteiger partial charge in [-0.2, -0.15) is 0 Å². The molecule has 0 aliphatic rings. The van der Waals surface area contributed by atoms with Crippen molar-refractivity contribution in [1.29, 1.82) is 0 Å². The molecule has 2 rings (SSSR count). The van der Waals surface area contributed by atoms with Crippen LogP contribution in [0.1, 0.15) is 29.8 Å². The molecule has 0 fully saturated rings. The summed E-state index contributed by atoms with van der Waals surface area (Å²) in [6, 6.07) is 12.0. The van der Waals surface area contributed by atoms with Crippen LogP contribution in [0.5, 0.6) is 0 Å². The van der Waals surface area contributed by atoms with Gasteiger partial charge in [-0.1, -0.05) is 12.1 Å². The Bertz CT molecular complexity index is 804. The number of nitrogens with zero attached hydrogens (tertiary/aromatic N) is 1. The van der Waals surface area contributed by atoms with Gasteiger partial charge >= 0.3 is 5.97 Å². The second-order valence-corrected chi connectivity index (χ2v) is 5.85. The maximum absolute atomic E-state index is 13.0. The van der Waals surface area contributed by atoms with E-state index in [0.717, 1.165) is 5.56 Å². The van der Waals surface area contributed by atoms with Gasteiger partial charge in [-0.3, -0.25) is 9.59 Å². The Balaban J connectivity index is 1.96. The molecule has 0 aliphatic heterocycles. The third kappa shape index (κ3) is 6.22. The summed E-state index contributed by atoms with van der Waals surface area (Å²) in [5.41, 5.74) is 1.60. The van der Waals surface area contributed by atoms with Gasteiger partial charge in [-0.15, -0.1) is 0 Å². The summed E-state index contributed by atoms with van der Waals surface area (Å²) in [5.74, 6) is -1.45. The number of rotatable bonds is 7. The van der Waals surface area contributed by atoms with Crippen molar-refractivity contribution in [1.82, 2.24) is 4.90 Å². The van der Waals surface area contributed by atoms with Crippen LogP contribution < -0.4 is 5.32 Å². The Labute approximate surface area is 156 Å². The van der Waals surface area contributed by atoms with Crippen molar-refractivity contribution in [3.63, 3.8) is 0 Å². The monoisotopic (exact) mass is 372 g/mol. The number of carbonyl (C=O) groups is 3. The maximum Gasteiger partial charge on any atom is 0.338 e. The molecule has 27 heavy (non-hydrogen) atoms. The highest BCUT2D eigenvalue weighted by Gasteiger charge is 2.15. The fourth-order valence-electron chi connectivity index (χ4n) is 2.37. The average Bonchev–Trinajstić information content (AvgIpc) is 2.63. The van der Waals surface area contributed by atoms with Gasteiger partial charge in [-0.05, 0) is 48.9 Å². The van der Waals surface area contributed by atoms with Crippen LogP contribution in [0.4, 0.5) is 10.1 Å². The smallest absolute Gasteiger partial charge is 0.338 e. The first kappa shape index (κ1) is 20.1. The Hall–Kier alpha value is -3.22. The van der Waals surface area contributed by atoms with Gasteiger partial charge in [0.2, 0.25) is 11.8 Å². The first-order valence-electron chi connectivity index (χ1n) is 8.46. The van der Waals surface area contributed by atoms with Crippen molar-refractivity contribution in [3.05, 3.63) is 65.5 Å². The summed E-state index contributed by atoms with van der Waals surface area (Å²) in [6.07, 6.45) is 0. The number of hydrogen-bond donors (Lipinski definition) is 1. The van der Waals surface area contributed by atoms with E-state index in [9.17, 15) is 18.8 Å². The number of benzene rings is 2. The van der Waals surface area contributed by atoms with Crippen molar-refractivity contribution in [2.75, 3.05) is 18.5 Å². The second-order valence-electron chi connectivity index (χ2n) is 5.85. The van der Waals surface area contributed by atoms with E-state index in [-0.39, 0.29) is 37.3 Å². The SMILES string of the molecule is CCOC(=O)c1ccc(NC(=O)CN(Cc2ccc(F)cc2)C(C)=O)cc1. The predicted octanol–water partition coefficient (Wildman–Crippen LogP) is 2.99. The van der Waals surface area contributed by atoms with Gasteiger partial charge < -0.3 is 15.0 Å². The molecule has 1 N–H and O–H groups in total. The van der Waals surface area contributed by atoms with Crippen LogP contribution in [0.15, 0.2) is 48.5 Å². The summed E-state index contributed by atoms with van der Waals surface area (Å²) < 4.78 is 17.9. The molecule has 6 nitrogen and oxygen atoms in total. The highest BCUT2D eigenvalue weighted by atomic mass is 19.1. The van der Waals surface area contributed by atoms with Crippen LogP contribution >= 0.6 is 0 Å². The zero-order valence-corrected chi connectivity index (χ0v) is 15.2. The molecule has 0 saturated carbocycles. The molecule has 0 unspecified atom stereocenters. The average molecular weight is 372 g/mol. The molecule has 0 heterocycles. The number of nitrogens with one attached hydrogen (secondary N) is 1. The van der Waals surface area contributed by atoms with Crippen molar-refractivity contribution in [2.24, 2.45) is 0 Å². The first-order valence-corrected chi connectivity index (χ1v) is 8.46. The lowest BCUT2D eigenvalue weighted by atomic mass is 10.2. The minimum absolute atomic E-state index is 0.146. The number of ether oxygens (including phenoxy) is 1. The van der Waals surface area contributed by atoms with Crippen molar-refractivity contribution >= 4 is 23.5 Å². The lowest BCUT2D eigenvalue weighted by molar-refractivity contribution is -0.133. The maximum atomic E-state index is 13.0. The molecule has 2 aromatic carbocycles. The Morgan fingerprint density at radius 2 is 1.67 bits per heavy atom. The summed E-state index contributed by atoms with van der Waals surface area (Å²) in [6.45, 7) is 3.42. The zero-order chi connectivity index (χ0) is 19.8. The van der Waals surface area contributed by atoms with Crippen LogP contribution in [0.25, 0.3) is 0 Å². The molecule has 0 spiro atoms. The van der Waals surface area contributed by atoms with E-state index in [1.54, 1.807) is 43.3 Å². The Kier molecular flexibility index (Phi) is 7.05. The van der Waals surface area contributed by atoms with Gasteiger partial charge in [0.15, 0.2) is 0 Å². The van der Waals surface area contributed by atoms with E-state index in [4.69, 9.17) is 4.74 Å². The van der Waals surface area contributed by atoms with Crippen LogP contribution in [0, 0.1) is 5.82 Å². The fraction of sp³-hybridized carbons (Fsp3) is 0.250. The molecule has 7 heteroatoms. The van der Waals surface area contributed by atoms with Crippen LogP contribution in [0.3, 0.4) is 0 Å². The summed E-state index contributed by atoms with van der Waals surface area (Å²) >= 11 is 0. The number of hydrogen-bond acceptors (Lipinski definition) is 4. The van der Waals surface area contributed by atoms with Gasteiger partial charge in [0.1, 0.15) is 12.4 Å². The number of esters is 1. The molecule has 0 radical (unpaired) electrons. The number of carbonyl (C=O) groups excluding carboxylic acids is 3. The number of halogens is 1. The van der Waals surface area contributed by atoms with E-state index < -0.39 is 5.97 Å². The molecule has 0 atom stereocenters. The lowest BCUT2D eigenvalue weighted by Crippen LogP contribution is -2.36. The van der Waals surface area contributed by atoms with Gasteiger partial charge in [0.25, 0.3) is 0 Å². The minimum atomic E-state index is -0.433. The predicted molar refractivity (Wildman–Crippen MR) is 98.5 cm³/mol. The molecule has 0 saturated heterocycles. The summed E-state index contributed by atoms with van der Waals surface area (Å²) in [5, 5.41) is 2.68. The normalized spacial score (nSPS) is 10.2. The molecule has 142 valence electrons. The van der Waals surface area contributed by atoms with E-state index in [1.165, 1.54) is 24.0 Å². The number of amides is 2. The first-order chi connectivity index (χ1) is 12.9. The molecule has 2 aromatic rings. The van der Waals surface area contributed by atoms with E-state index in [1.807, 2.05) is 0 Å². The highest BCUT2D eigenvalue weighted by Crippen LogP contribution is 2.12. The minimum Gasteiger partial charge on any atom is -0.462 e. The molecule has 0 aliphatic carbocycles. The van der Waals surface area contributed by atoms with Crippen molar-refractivity contribution in [2.45, 2.75) is 20.4 Å². The van der Waals surface area contributed by atoms with Crippen LogP contribution in [-0.2, 0) is 20.9 Å². The largest absolute Gasteiger partial charge is 0.462 e. The second kappa shape index (κ2) is 9.47. The third-order valence-electron chi connectivity index (χ3n) is 3.75. The summed E-state index contributed by atoms with van der Waals surface area (Å²) in [4.78, 5) is 37.0. The van der Waals surface area contributed by atoms with Crippen LogP contribution in [0.2, 0.25) is 0 Å². The summed E-state index contributed by atoms with van der Waals surface area (Å²) in [7, 11) is 0. The molecular formula is C20H21FN2O4. The standard InChI is InChI=1S/C20H21FN2O4/c1-3-27-20(26)16-6-10-18(11-7-16)22-19(25)13-23(14(2)24)12-15-4-8-17(21)9-5-15/h4-11H,3,12-13H2,1-2H3,(H,22,25). The lowest BCUT2D eigenvalue weighted by Gasteiger charge is -2.20. The van der Waals surface area contributed by atoms with Crippen molar-refractivity contribution in [3.8, 4) is 0 Å². The quantitative estimate of drug-likeness (QED) is 0.758. The van der Waals surface area contributed by atoms with Gasteiger partial charge in [0, 0.05) is 19.2 Å². The van der Waals surface area contributed by atoms with E-state index in [2.05, 4.69) is 5.32 Å². The Morgan fingerprint density at radius 3 is 2.22 bits per heavy atom. The topological polar surface area (TPSA) is 75.7 Å². The third-order valence-corrected chi connectivity index (χ3v) is 3.75. The van der Waals surface area contributed by atoms with Gasteiger partial charge in [0.05, 0.1) is 12.2 Å². The van der Waals surface area contributed by atoms with Crippen LogP contribution in [-0.4, -0.2) is 35.8 Å². The molecule has 2 amide bonds. The van der Waals surface area contributed by atoms with Crippen molar-refractivity contribution < 1.29 is 23.5 Å². The van der Waals surface area contributed by atoms with E-state index in [0.29, 0.717) is 11.3 Å². The number of anilines is 1. The van der Waals surface area contributed by atoms with Gasteiger partial charge in [-0.25, -0.2) is 9.18 Å². The Morgan fingerprint density at radius 1 is 1.04 bits per heavy atom. The fourth-order valence-corrected chi connectivity index (χ4v) is 2.37. The van der Waals surface area contributed by atoms with E-state index >= 15 is 0 Å². The highest BCUT2D eigenvalue weighted by molar-refractivity contribution is 5.95.